The van der Waals surface area contributed by atoms with Crippen molar-refractivity contribution < 1.29 is 104 Å². The highest BCUT2D eigenvalue weighted by atomic mass is 16.8. The summed E-state index contributed by atoms with van der Waals surface area (Å²) in [5, 5.41) is 137. The normalized spacial score (nSPS) is 27.0. The van der Waals surface area contributed by atoms with E-state index in [1.807, 2.05) is 0 Å². The third-order valence-electron chi connectivity index (χ3n) is 20.5. The van der Waals surface area contributed by atoms with Crippen LogP contribution in [-0.4, -0.2) is 215 Å². The van der Waals surface area contributed by atoms with Crippen molar-refractivity contribution in [3.8, 4) is 0 Å². The highest BCUT2D eigenvalue weighted by Crippen LogP contribution is 2.39. The van der Waals surface area contributed by atoms with E-state index in [9.17, 15) is 75.7 Å². The molecule has 3 aliphatic heterocycles. The number of unbranched alkanes of at least 4 members (excludes halogenated alkanes) is 41. The summed E-state index contributed by atoms with van der Waals surface area (Å²) in [5.41, 5.74) is 0. The largest absolute Gasteiger partial charge is 0.477 e. The number of aliphatic carboxylic acids is 1. The smallest absolute Gasteiger partial charge is 0.364 e. The molecule has 100 heavy (non-hydrogen) atoms. The van der Waals surface area contributed by atoms with Crippen LogP contribution in [0.25, 0.3) is 0 Å². The van der Waals surface area contributed by atoms with E-state index in [4.69, 9.17) is 28.4 Å². The highest BCUT2D eigenvalue weighted by molar-refractivity contribution is 5.77. The highest BCUT2D eigenvalue weighted by Gasteiger charge is 2.60. The van der Waals surface area contributed by atoms with Crippen molar-refractivity contribution in [2.75, 3.05) is 26.4 Å². The molecule has 0 spiro atoms. The first-order valence-corrected chi connectivity index (χ1v) is 40.0. The summed E-state index contributed by atoms with van der Waals surface area (Å²) < 4.78 is 35.0. The maximum Gasteiger partial charge on any atom is 0.364 e. The number of amides is 2. The van der Waals surface area contributed by atoms with Crippen LogP contribution in [0, 0.1) is 0 Å². The van der Waals surface area contributed by atoms with Gasteiger partial charge in [0, 0.05) is 19.8 Å². The zero-order chi connectivity index (χ0) is 73.2. The molecule has 588 valence electrons. The van der Waals surface area contributed by atoms with Gasteiger partial charge in [0.05, 0.1) is 50.7 Å². The second-order valence-electron chi connectivity index (χ2n) is 29.3. The fourth-order valence-corrected chi connectivity index (χ4v) is 14.1. The summed E-state index contributed by atoms with van der Waals surface area (Å²) in [5.74, 6) is -6.10. The zero-order valence-electron chi connectivity index (χ0n) is 62.1. The quantitative estimate of drug-likeness (QED) is 0.0199. The van der Waals surface area contributed by atoms with E-state index >= 15 is 0 Å². The first kappa shape index (κ1) is 91.7. The molecule has 0 aromatic heterocycles. The Labute approximate surface area is 601 Å². The van der Waals surface area contributed by atoms with Crippen molar-refractivity contribution in [1.29, 1.82) is 0 Å². The predicted molar refractivity (Wildman–Crippen MR) is 385 cm³/mol. The minimum absolute atomic E-state index is 0.222. The van der Waals surface area contributed by atoms with Gasteiger partial charge < -0.3 is 100 Å². The number of ether oxygens (including phenoxy) is 6. The molecule has 0 saturated carbocycles. The number of rotatable bonds is 63. The molecule has 23 nitrogen and oxygen atoms in total. The van der Waals surface area contributed by atoms with E-state index < -0.39 is 148 Å². The molecule has 18 atom stereocenters. The van der Waals surface area contributed by atoms with E-state index in [-0.39, 0.29) is 18.9 Å². The second kappa shape index (κ2) is 56.8. The molecule has 3 aliphatic rings. The molecular weight excluding hydrogens is 1290 g/mol. The number of hydrogen-bond donors (Lipinski definition) is 14. The van der Waals surface area contributed by atoms with Gasteiger partial charge in [-0.3, -0.25) is 9.59 Å². The maximum absolute atomic E-state index is 13.6. The predicted octanol–water partition coefficient (Wildman–Crippen LogP) is 10.2. The summed E-state index contributed by atoms with van der Waals surface area (Å²) in [6.45, 7) is 2.26. The van der Waals surface area contributed by atoms with Crippen LogP contribution in [0.3, 0.4) is 0 Å². The lowest BCUT2D eigenvalue weighted by Gasteiger charge is -2.50. The minimum Gasteiger partial charge on any atom is -0.477 e. The maximum atomic E-state index is 13.6. The lowest BCUT2D eigenvalue weighted by atomic mass is 9.88. The molecular formula is C77H144N2O21. The van der Waals surface area contributed by atoms with Gasteiger partial charge in [-0.1, -0.05) is 276 Å². The molecule has 3 saturated heterocycles. The second-order valence-corrected chi connectivity index (χ2v) is 29.3. The third kappa shape index (κ3) is 37.1. The Morgan fingerprint density at radius 1 is 0.510 bits per heavy atom. The van der Waals surface area contributed by atoms with Crippen LogP contribution in [-0.2, 0) is 42.8 Å². The SMILES string of the molecule is CCCCCCCCCCCCCC/C=C\CCCCCCCCCCC(=O)NC(COC1OC(CO)C(OC2OC(CO)C(O)C(OC3(C(=O)O)CC(O)C(NC(C)=O)C(C(O)C(O)CO)O3)C2O)C(O)C1O)C(O)CCCCCCCCCCCCCCCCCCCCCCCC. The summed E-state index contributed by atoms with van der Waals surface area (Å²) >= 11 is 0. The summed E-state index contributed by atoms with van der Waals surface area (Å²) in [6.07, 6.45) is 30.6. The van der Waals surface area contributed by atoms with Crippen LogP contribution >= 0.6 is 0 Å². The van der Waals surface area contributed by atoms with E-state index in [1.165, 1.54) is 212 Å². The number of nitrogens with one attached hydrogen (secondary N) is 2. The van der Waals surface area contributed by atoms with Crippen LogP contribution < -0.4 is 10.6 Å². The van der Waals surface area contributed by atoms with Crippen molar-refractivity contribution in [2.24, 2.45) is 0 Å². The topological polar surface area (TPSA) is 373 Å². The first-order chi connectivity index (χ1) is 48.4. The number of carbonyl (C=O) groups excluding carboxylic acids is 2. The number of carboxylic acid groups (broad SMARTS) is 1. The van der Waals surface area contributed by atoms with Crippen molar-refractivity contribution >= 4 is 17.8 Å². The molecule has 23 heteroatoms. The molecule has 3 fully saturated rings. The Balaban J connectivity index is 1.53. The molecule has 3 heterocycles. The van der Waals surface area contributed by atoms with Gasteiger partial charge in [-0.2, -0.15) is 0 Å². The van der Waals surface area contributed by atoms with E-state index in [0.717, 1.165) is 64.7 Å². The fraction of sp³-hybridized carbons (Fsp3) is 0.935. The van der Waals surface area contributed by atoms with Gasteiger partial charge in [-0.25, -0.2) is 4.79 Å². The minimum atomic E-state index is -3.08. The van der Waals surface area contributed by atoms with Gasteiger partial charge in [-0.05, 0) is 38.5 Å². The monoisotopic (exact) mass is 1430 g/mol. The van der Waals surface area contributed by atoms with Gasteiger partial charge >= 0.3 is 5.97 Å². The van der Waals surface area contributed by atoms with Gasteiger partial charge in [0.15, 0.2) is 12.6 Å². The number of carbonyl (C=O) groups is 3. The zero-order valence-corrected chi connectivity index (χ0v) is 62.1. The van der Waals surface area contributed by atoms with Gasteiger partial charge in [0.25, 0.3) is 5.79 Å². The van der Waals surface area contributed by atoms with E-state index in [2.05, 4.69) is 36.6 Å². The van der Waals surface area contributed by atoms with E-state index in [1.54, 1.807) is 0 Å². The lowest BCUT2D eigenvalue weighted by molar-refractivity contribution is -0.386. The lowest BCUT2D eigenvalue weighted by Crippen LogP contribution is -2.70. The Morgan fingerprint density at radius 3 is 1.35 bits per heavy atom. The van der Waals surface area contributed by atoms with Crippen LogP contribution in [0.5, 0.6) is 0 Å². The molecule has 2 amide bonds. The molecule has 0 aliphatic carbocycles. The molecule has 0 aromatic rings. The molecule has 14 N–H and O–H groups in total. The van der Waals surface area contributed by atoms with Crippen LogP contribution in [0.2, 0.25) is 0 Å². The van der Waals surface area contributed by atoms with Crippen molar-refractivity contribution in [3.63, 3.8) is 0 Å². The Kier molecular flexibility index (Phi) is 52.0. The number of allylic oxidation sites excluding steroid dienone is 2. The van der Waals surface area contributed by atoms with Crippen molar-refractivity contribution in [3.05, 3.63) is 12.2 Å². The van der Waals surface area contributed by atoms with Crippen LogP contribution in [0.15, 0.2) is 12.2 Å². The fourth-order valence-electron chi connectivity index (χ4n) is 14.1. The van der Waals surface area contributed by atoms with Crippen molar-refractivity contribution in [2.45, 2.75) is 432 Å². The Hall–Kier alpha value is -2.53. The summed E-state index contributed by atoms with van der Waals surface area (Å²) in [7, 11) is 0. The first-order valence-electron chi connectivity index (χ1n) is 40.0. The standard InChI is InChI=1S/C77H144N2O21/c1-4-6-8-10-12-14-16-18-20-22-24-26-28-29-31-33-35-37-39-41-43-45-47-49-51-64(87)79-58(59(84)50-48-46-44-42-40-38-36-34-32-30-27-25-23-21-19-17-15-13-11-9-7-5-2)56-95-74-69(91)68(90)71(63(55-82)97-74)98-75-70(92)73(67(89)62(54-81)96-75)100-77(76(93)94)52-60(85)65(78-57(3)83)72(99-77)66(88)61(86)53-80/h29,31,58-63,65-75,80-82,84-86,88-92H,4-28,30,32-56H2,1-3H3,(H,78,83)(H,79,87)(H,93,94)/b31-29-. The number of hydrogen-bond acceptors (Lipinski definition) is 20. The van der Waals surface area contributed by atoms with Crippen LogP contribution in [0.4, 0.5) is 0 Å². The van der Waals surface area contributed by atoms with Crippen molar-refractivity contribution in [1.82, 2.24) is 10.6 Å². The third-order valence-corrected chi connectivity index (χ3v) is 20.5. The molecule has 18 unspecified atom stereocenters. The van der Waals surface area contributed by atoms with Gasteiger partial charge in [-0.15, -0.1) is 0 Å². The number of carboxylic acids is 1. The molecule has 3 rings (SSSR count). The average Bonchev–Trinajstić information content (AvgIpc) is 0.764. The summed E-state index contributed by atoms with van der Waals surface area (Å²) in [4.78, 5) is 38.7. The number of aliphatic hydroxyl groups excluding tert-OH is 11. The average molecular weight is 1430 g/mol. The van der Waals surface area contributed by atoms with Gasteiger partial charge in [0.1, 0.15) is 67.1 Å². The van der Waals surface area contributed by atoms with Gasteiger partial charge in [0.2, 0.25) is 11.8 Å². The number of aliphatic hydroxyl groups is 11. The Morgan fingerprint density at radius 2 is 0.930 bits per heavy atom. The molecule has 0 bridgehead atoms. The Bertz CT molecular complexity index is 2050. The van der Waals surface area contributed by atoms with E-state index in [0.29, 0.717) is 19.3 Å². The molecule has 0 radical (unpaired) electrons. The molecule has 0 aromatic carbocycles. The van der Waals surface area contributed by atoms with Crippen LogP contribution in [0.1, 0.15) is 323 Å². The summed E-state index contributed by atoms with van der Waals surface area (Å²) in [6, 6.07) is -2.53.